The van der Waals surface area contributed by atoms with Gasteiger partial charge in [0.1, 0.15) is 6.04 Å². The van der Waals surface area contributed by atoms with Gasteiger partial charge >= 0.3 is 12.1 Å². The van der Waals surface area contributed by atoms with E-state index in [4.69, 9.17) is 4.74 Å². The van der Waals surface area contributed by atoms with E-state index in [2.05, 4.69) is 5.32 Å². The third-order valence-electron chi connectivity index (χ3n) is 6.22. The molecule has 188 valence electrons. The number of hydrogen-bond donors (Lipinski definition) is 1. The predicted octanol–water partition coefficient (Wildman–Crippen LogP) is 3.75. The topological polar surface area (TPSA) is 92.8 Å². The minimum Gasteiger partial charge on any atom is -0.454 e. The molecule has 10 heteroatoms. The van der Waals surface area contributed by atoms with Crippen LogP contribution >= 0.6 is 0 Å². The molecule has 2 aliphatic rings. The van der Waals surface area contributed by atoms with Crippen LogP contribution in [0, 0.1) is 11.8 Å². The van der Waals surface area contributed by atoms with Crippen LogP contribution in [0.5, 0.6) is 0 Å². The minimum atomic E-state index is -4.58. The molecule has 0 unspecified atom stereocenters. The third-order valence-corrected chi connectivity index (χ3v) is 6.22. The monoisotopic (exact) mass is 500 g/mol. The number of fused-ring (bicyclic) bond motifs is 1. The summed E-state index contributed by atoms with van der Waals surface area (Å²) in [5, 5.41) is 2.25. The number of allylic oxidation sites excluding steroid dienone is 2. The summed E-state index contributed by atoms with van der Waals surface area (Å²) in [5.74, 6) is -3.82. The quantitative estimate of drug-likeness (QED) is 0.355. The molecule has 1 fully saturated rings. The number of carbonyl (C=O) groups is 4. The van der Waals surface area contributed by atoms with Gasteiger partial charge in [-0.25, -0.2) is 4.79 Å². The Bertz CT molecular complexity index is 1170. The second-order valence-corrected chi connectivity index (χ2v) is 8.64. The number of amides is 3. The Balaban J connectivity index is 1.47. The van der Waals surface area contributed by atoms with Crippen LogP contribution in [-0.2, 0) is 36.5 Å². The van der Waals surface area contributed by atoms with Gasteiger partial charge in [-0.2, -0.15) is 13.2 Å². The lowest BCUT2D eigenvalue weighted by Gasteiger charge is -2.25. The predicted molar refractivity (Wildman–Crippen MR) is 122 cm³/mol. The van der Waals surface area contributed by atoms with Crippen molar-refractivity contribution < 1.29 is 37.1 Å². The molecule has 7 nitrogen and oxygen atoms in total. The molecule has 36 heavy (non-hydrogen) atoms. The second kappa shape index (κ2) is 10.3. The van der Waals surface area contributed by atoms with E-state index in [1.807, 2.05) is 12.2 Å². The Hall–Kier alpha value is -3.95. The molecule has 0 aromatic heterocycles. The van der Waals surface area contributed by atoms with Gasteiger partial charge in [-0.3, -0.25) is 19.3 Å². The number of benzene rings is 2. The van der Waals surface area contributed by atoms with E-state index in [1.54, 1.807) is 30.3 Å². The van der Waals surface area contributed by atoms with Crippen molar-refractivity contribution in [3.05, 3.63) is 77.9 Å². The highest BCUT2D eigenvalue weighted by atomic mass is 19.4. The van der Waals surface area contributed by atoms with Crippen molar-refractivity contribution >= 4 is 29.4 Å². The van der Waals surface area contributed by atoms with Crippen molar-refractivity contribution in [3.8, 4) is 0 Å². The molecule has 1 saturated heterocycles. The van der Waals surface area contributed by atoms with E-state index in [9.17, 15) is 32.3 Å². The van der Waals surface area contributed by atoms with Crippen LogP contribution in [0.4, 0.5) is 18.9 Å². The second-order valence-electron chi connectivity index (χ2n) is 8.64. The number of esters is 1. The molecular weight excluding hydrogens is 477 g/mol. The molecule has 2 aromatic rings. The third kappa shape index (κ3) is 5.48. The first-order chi connectivity index (χ1) is 17.1. The molecule has 3 amide bonds. The van der Waals surface area contributed by atoms with Gasteiger partial charge in [0.25, 0.3) is 5.91 Å². The van der Waals surface area contributed by atoms with Crippen LogP contribution in [0.1, 0.15) is 24.0 Å². The fourth-order valence-electron chi connectivity index (χ4n) is 4.45. The number of anilines is 1. The Kier molecular flexibility index (Phi) is 7.23. The molecule has 1 heterocycles. The zero-order valence-electron chi connectivity index (χ0n) is 19.0. The summed E-state index contributed by atoms with van der Waals surface area (Å²) < 4.78 is 43.8. The summed E-state index contributed by atoms with van der Waals surface area (Å²) in [5.41, 5.74) is -0.378. The van der Waals surface area contributed by atoms with Gasteiger partial charge in [-0.05, 0) is 36.6 Å². The average molecular weight is 500 g/mol. The largest absolute Gasteiger partial charge is 0.454 e. The van der Waals surface area contributed by atoms with Crippen LogP contribution in [0.3, 0.4) is 0 Å². The van der Waals surface area contributed by atoms with Crippen molar-refractivity contribution in [2.24, 2.45) is 11.8 Å². The summed E-state index contributed by atoms with van der Waals surface area (Å²) in [6.45, 7) is -0.801. The highest BCUT2D eigenvalue weighted by molar-refractivity contribution is 6.08. The molecule has 1 aliphatic heterocycles. The maximum atomic E-state index is 13.1. The first kappa shape index (κ1) is 25.2. The van der Waals surface area contributed by atoms with Gasteiger partial charge in [-0.1, -0.05) is 48.6 Å². The number of nitrogens with zero attached hydrogens (tertiary/aromatic N) is 1. The Morgan fingerprint density at radius 1 is 0.972 bits per heavy atom. The summed E-state index contributed by atoms with van der Waals surface area (Å²) >= 11 is 0. The molecule has 1 aliphatic carbocycles. The molecule has 4 rings (SSSR count). The van der Waals surface area contributed by atoms with Crippen molar-refractivity contribution in [1.82, 2.24) is 4.90 Å². The van der Waals surface area contributed by atoms with Gasteiger partial charge in [-0.15, -0.1) is 0 Å². The number of imide groups is 1. The molecule has 2 aromatic carbocycles. The average Bonchev–Trinajstić information content (AvgIpc) is 3.11. The van der Waals surface area contributed by atoms with Crippen molar-refractivity contribution in [1.29, 1.82) is 0 Å². The number of likely N-dealkylation sites (tertiary alicyclic amines) is 1. The van der Waals surface area contributed by atoms with Gasteiger partial charge in [0.2, 0.25) is 11.8 Å². The van der Waals surface area contributed by atoms with Crippen molar-refractivity contribution in [3.63, 3.8) is 0 Å². The number of ether oxygens (including phenoxy) is 1. The Morgan fingerprint density at radius 2 is 1.61 bits per heavy atom. The highest BCUT2D eigenvalue weighted by Gasteiger charge is 2.51. The molecule has 0 radical (unpaired) electrons. The van der Waals surface area contributed by atoms with E-state index < -0.39 is 59.9 Å². The summed E-state index contributed by atoms with van der Waals surface area (Å²) in [6, 6.07) is 11.5. The molecule has 0 saturated carbocycles. The highest BCUT2D eigenvalue weighted by Crippen LogP contribution is 2.37. The van der Waals surface area contributed by atoms with Crippen LogP contribution < -0.4 is 5.32 Å². The molecule has 3 atom stereocenters. The van der Waals surface area contributed by atoms with Crippen molar-refractivity contribution in [2.75, 3.05) is 11.9 Å². The number of nitrogens with one attached hydrogen (secondary N) is 1. The fourth-order valence-corrected chi connectivity index (χ4v) is 4.45. The van der Waals surface area contributed by atoms with E-state index in [1.165, 1.54) is 6.07 Å². The minimum absolute atomic E-state index is 0.000725. The van der Waals surface area contributed by atoms with Gasteiger partial charge in [0.05, 0.1) is 17.4 Å². The lowest BCUT2D eigenvalue weighted by atomic mass is 9.85. The summed E-state index contributed by atoms with van der Waals surface area (Å²) in [6.07, 6.45) is -0.119. The standard InChI is InChI=1S/C26H23F3N2O5/c27-26(28,29)17-9-6-10-18(14-17)30-22(32)15-36-25(35)21(13-16-7-2-1-3-8-16)31-23(33)19-11-4-5-12-20(19)24(31)34/h1-10,14,19-21H,11-13,15H2,(H,30,32)/t19-,20-,21+/m1/s1. The molecule has 1 N–H and O–H groups in total. The zero-order chi connectivity index (χ0) is 25.9. The van der Waals surface area contributed by atoms with Gasteiger partial charge in [0, 0.05) is 12.1 Å². The first-order valence-corrected chi connectivity index (χ1v) is 11.3. The van der Waals surface area contributed by atoms with Crippen molar-refractivity contribution in [2.45, 2.75) is 31.5 Å². The molecular formula is C26H23F3N2O5. The van der Waals surface area contributed by atoms with E-state index in [-0.39, 0.29) is 12.1 Å². The number of hydrogen-bond acceptors (Lipinski definition) is 5. The van der Waals surface area contributed by atoms with E-state index in [0.717, 1.165) is 23.1 Å². The number of rotatable bonds is 7. The maximum Gasteiger partial charge on any atom is 0.416 e. The molecule has 0 spiro atoms. The maximum absolute atomic E-state index is 13.1. The van der Waals surface area contributed by atoms with Gasteiger partial charge < -0.3 is 10.1 Å². The number of carbonyl (C=O) groups excluding carboxylic acids is 4. The summed E-state index contributed by atoms with van der Waals surface area (Å²) in [4.78, 5) is 52.4. The lowest BCUT2D eigenvalue weighted by molar-refractivity contribution is -0.160. The lowest BCUT2D eigenvalue weighted by Crippen LogP contribution is -2.48. The Morgan fingerprint density at radius 3 is 2.22 bits per heavy atom. The van der Waals surface area contributed by atoms with Crippen LogP contribution in [-0.4, -0.2) is 41.2 Å². The van der Waals surface area contributed by atoms with Crippen LogP contribution in [0.25, 0.3) is 0 Å². The number of alkyl halides is 3. The van der Waals surface area contributed by atoms with E-state index >= 15 is 0 Å². The normalized spacial score (nSPS) is 20.1. The first-order valence-electron chi connectivity index (χ1n) is 11.3. The Labute approximate surface area is 204 Å². The van der Waals surface area contributed by atoms with E-state index in [0.29, 0.717) is 18.4 Å². The summed E-state index contributed by atoms with van der Waals surface area (Å²) in [7, 11) is 0. The van der Waals surface area contributed by atoms with Gasteiger partial charge in [0.15, 0.2) is 6.61 Å². The number of halogens is 3. The van der Waals surface area contributed by atoms with Crippen LogP contribution in [0.2, 0.25) is 0 Å². The van der Waals surface area contributed by atoms with Crippen LogP contribution in [0.15, 0.2) is 66.7 Å². The SMILES string of the molecule is O=C(COC(=O)[C@H](Cc1ccccc1)N1C(=O)[C@@H]2CC=CC[C@H]2C1=O)Nc1cccc(C(F)(F)F)c1. The fraction of sp³-hybridized carbons (Fsp3) is 0.308. The zero-order valence-corrected chi connectivity index (χ0v) is 19.0. The smallest absolute Gasteiger partial charge is 0.416 e. The molecule has 0 bridgehead atoms.